The summed E-state index contributed by atoms with van der Waals surface area (Å²) in [6.07, 6.45) is 5.16. The Morgan fingerprint density at radius 3 is 1.67 bits per heavy atom. The molecule has 4 heterocycles. The monoisotopic (exact) mass is 480 g/mol. The molecule has 36 heavy (non-hydrogen) atoms. The minimum atomic E-state index is -0.0482. The van der Waals surface area contributed by atoms with Crippen molar-refractivity contribution >= 4 is 33.6 Å². The highest BCUT2D eigenvalue weighted by Crippen LogP contribution is 2.36. The zero-order valence-electron chi connectivity index (χ0n) is 20.6. The summed E-state index contributed by atoms with van der Waals surface area (Å²) in [5, 5.41) is 2.45. The molecular formula is C30H32N4O2. The number of fused-ring (bicyclic) bond motifs is 6. The summed E-state index contributed by atoms with van der Waals surface area (Å²) in [5.74, 6) is 0.378. The maximum absolute atomic E-state index is 13.6. The second-order valence-corrected chi connectivity index (χ2v) is 10.8. The molecule has 6 heteroatoms. The summed E-state index contributed by atoms with van der Waals surface area (Å²) >= 11 is 0. The first-order chi connectivity index (χ1) is 17.7. The SMILES string of the molecule is O=C(C1CCCC(C(=O)N2CCc3[nH]c4ccccc4c3C2)C1)N1CCc2[nH]c3ccccc3c2C1. The van der Waals surface area contributed by atoms with Crippen LogP contribution in [0.25, 0.3) is 21.8 Å². The third kappa shape index (κ3) is 3.54. The Bertz CT molecular complexity index is 1370. The van der Waals surface area contributed by atoms with Crippen LogP contribution < -0.4 is 0 Å². The van der Waals surface area contributed by atoms with E-state index in [9.17, 15) is 9.59 Å². The van der Waals surface area contributed by atoms with Crippen LogP contribution >= 0.6 is 0 Å². The van der Waals surface area contributed by atoms with Crippen molar-refractivity contribution in [3.05, 3.63) is 71.0 Å². The van der Waals surface area contributed by atoms with Gasteiger partial charge in [0.25, 0.3) is 0 Å². The third-order valence-corrected chi connectivity index (χ3v) is 8.76. The Labute approximate surface area is 210 Å². The summed E-state index contributed by atoms with van der Waals surface area (Å²) < 4.78 is 0. The second-order valence-electron chi connectivity index (χ2n) is 10.8. The molecule has 2 aromatic carbocycles. The first-order valence-electron chi connectivity index (χ1n) is 13.4. The minimum Gasteiger partial charge on any atom is -0.358 e. The molecule has 2 aromatic heterocycles. The highest BCUT2D eigenvalue weighted by Gasteiger charge is 2.37. The Balaban J connectivity index is 1.05. The number of nitrogens with one attached hydrogen (secondary N) is 2. The molecule has 2 amide bonds. The predicted octanol–water partition coefficient (Wildman–Crippen LogP) is 4.93. The highest BCUT2D eigenvalue weighted by molar-refractivity contribution is 5.88. The van der Waals surface area contributed by atoms with Crippen LogP contribution in [0.1, 0.15) is 48.2 Å². The second kappa shape index (κ2) is 8.54. The molecule has 184 valence electrons. The number of amides is 2. The van der Waals surface area contributed by atoms with Crippen LogP contribution in [-0.2, 0) is 35.5 Å². The largest absolute Gasteiger partial charge is 0.358 e. The van der Waals surface area contributed by atoms with Crippen molar-refractivity contribution in [1.82, 2.24) is 19.8 Å². The lowest BCUT2D eigenvalue weighted by Gasteiger charge is -2.36. The normalized spacial score (nSPS) is 22.0. The molecule has 0 bridgehead atoms. The van der Waals surface area contributed by atoms with Crippen molar-refractivity contribution in [2.24, 2.45) is 11.8 Å². The van der Waals surface area contributed by atoms with Gasteiger partial charge in [-0.15, -0.1) is 0 Å². The number of nitrogens with zero attached hydrogens (tertiary/aromatic N) is 2. The first kappa shape index (κ1) is 21.7. The van der Waals surface area contributed by atoms with E-state index in [0.29, 0.717) is 19.5 Å². The van der Waals surface area contributed by atoms with Gasteiger partial charge in [0.2, 0.25) is 11.8 Å². The fourth-order valence-electron chi connectivity index (χ4n) is 6.86. The Hall–Kier alpha value is -3.54. The Kier molecular flexibility index (Phi) is 5.15. The number of benzene rings is 2. The van der Waals surface area contributed by atoms with Gasteiger partial charge in [0.1, 0.15) is 0 Å². The van der Waals surface area contributed by atoms with Crippen LogP contribution in [0.2, 0.25) is 0 Å². The molecule has 4 aromatic rings. The van der Waals surface area contributed by atoms with Crippen LogP contribution in [0.15, 0.2) is 48.5 Å². The number of rotatable bonds is 2. The Morgan fingerprint density at radius 1 is 0.694 bits per heavy atom. The van der Waals surface area contributed by atoms with E-state index in [4.69, 9.17) is 0 Å². The summed E-state index contributed by atoms with van der Waals surface area (Å²) in [7, 11) is 0. The van der Waals surface area contributed by atoms with Gasteiger partial charge in [0, 0.05) is 95.2 Å². The quantitative estimate of drug-likeness (QED) is 0.427. The van der Waals surface area contributed by atoms with Crippen molar-refractivity contribution in [2.75, 3.05) is 13.1 Å². The summed E-state index contributed by atoms with van der Waals surface area (Å²) in [6, 6.07) is 16.7. The van der Waals surface area contributed by atoms with Gasteiger partial charge < -0.3 is 19.8 Å². The molecule has 0 saturated heterocycles. The van der Waals surface area contributed by atoms with E-state index in [2.05, 4.69) is 46.4 Å². The van der Waals surface area contributed by atoms with Crippen LogP contribution in [0, 0.1) is 11.8 Å². The topological polar surface area (TPSA) is 72.2 Å². The van der Waals surface area contributed by atoms with Gasteiger partial charge >= 0.3 is 0 Å². The van der Waals surface area contributed by atoms with Crippen LogP contribution in [0.4, 0.5) is 0 Å². The average molecular weight is 481 g/mol. The fourth-order valence-corrected chi connectivity index (χ4v) is 6.86. The lowest BCUT2D eigenvalue weighted by Crippen LogP contribution is -2.44. The van der Waals surface area contributed by atoms with Crippen molar-refractivity contribution in [3.8, 4) is 0 Å². The summed E-state index contributed by atoms with van der Waals surface area (Å²) in [5.41, 5.74) is 7.35. The predicted molar refractivity (Wildman–Crippen MR) is 140 cm³/mol. The number of aromatic amines is 2. The number of aromatic nitrogens is 2. The fraction of sp³-hybridized carbons (Fsp3) is 0.400. The van der Waals surface area contributed by atoms with Gasteiger partial charge in [-0.2, -0.15) is 0 Å². The van der Waals surface area contributed by atoms with Gasteiger partial charge in [0.15, 0.2) is 0 Å². The molecule has 0 radical (unpaired) electrons. The number of hydrogen-bond acceptors (Lipinski definition) is 2. The summed E-state index contributed by atoms with van der Waals surface area (Å²) in [4.78, 5) is 38.4. The van der Waals surface area contributed by atoms with E-state index in [-0.39, 0.29) is 23.7 Å². The van der Waals surface area contributed by atoms with Gasteiger partial charge in [-0.05, 0) is 31.4 Å². The molecule has 7 rings (SSSR count). The van der Waals surface area contributed by atoms with Crippen molar-refractivity contribution in [1.29, 1.82) is 0 Å². The number of carbonyl (C=O) groups is 2. The summed E-state index contributed by atoms with van der Waals surface area (Å²) in [6.45, 7) is 2.85. The number of hydrogen-bond donors (Lipinski definition) is 2. The maximum atomic E-state index is 13.6. The van der Waals surface area contributed by atoms with Gasteiger partial charge in [-0.3, -0.25) is 9.59 Å². The lowest BCUT2D eigenvalue weighted by atomic mass is 9.79. The number of carbonyl (C=O) groups excluding carboxylic acids is 2. The van der Waals surface area contributed by atoms with E-state index >= 15 is 0 Å². The molecule has 2 unspecified atom stereocenters. The average Bonchev–Trinajstić information content (AvgIpc) is 3.49. The van der Waals surface area contributed by atoms with Crippen LogP contribution in [0.5, 0.6) is 0 Å². The van der Waals surface area contributed by atoms with Gasteiger partial charge in [-0.25, -0.2) is 0 Å². The molecule has 1 aliphatic carbocycles. The molecule has 0 spiro atoms. The minimum absolute atomic E-state index is 0.0482. The maximum Gasteiger partial charge on any atom is 0.226 e. The molecule has 1 saturated carbocycles. The zero-order valence-corrected chi connectivity index (χ0v) is 20.6. The van der Waals surface area contributed by atoms with Crippen LogP contribution in [0.3, 0.4) is 0 Å². The van der Waals surface area contributed by atoms with E-state index < -0.39 is 0 Å². The smallest absolute Gasteiger partial charge is 0.226 e. The van der Waals surface area contributed by atoms with E-state index in [1.807, 2.05) is 21.9 Å². The molecular weight excluding hydrogens is 448 g/mol. The Morgan fingerprint density at radius 2 is 1.17 bits per heavy atom. The lowest BCUT2D eigenvalue weighted by molar-refractivity contribution is -0.142. The molecule has 1 fully saturated rings. The highest BCUT2D eigenvalue weighted by atomic mass is 16.2. The van der Waals surface area contributed by atoms with E-state index in [1.165, 1.54) is 33.3 Å². The van der Waals surface area contributed by atoms with E-state index in [0.717, 1.165) is 56.2 Å². The van der Waals surface area contributed by atoms with Crippen molar-refractivity contribution in [3.63, 3.8) is 0 Å². The van der Waals surface area contributed by atoms with Gasteiger partial charge in [0.05, 0.1) is 0 Å². The van der Waals surface area contributed by atoms with Crippen molar-refractivity contribution in [2.45, 2.75) is 51.6 Å². The van der Waals surface area contributed by atoms with Crippen LogP contribution in [-0.4, -0.2) is 44.7 Å². The molecule has 3 aliphatic rings. The zero-order chi connectivity index (χ0) is 24.2. The molecule has 2 aliphatic heterocycles. The van der Waals surface area contributed by atoms with E-state index in [1.54, 1.807) is 0 Å². The molecule has 2 atom stereocenters. The molecule has 2 N–H and O–H groups in total. The first-order valence-corrected chi connectivity index (χ1v) is 13.4. The third-order valence-electron chi connectivity index (χ3n) is 8.76. The van der Waals surface area contributed by atoms with Gasteiger partial charge in [-0.1, -0.05) is 42.8 Å². The molecule has 6 nitrogen and oxygen atoms in total. The van der Waals surface area contributed by atoms with Crippen molar-refractivity contribution < 1.29 is 9.59 Å². The number of para-hydroxylation sites is 2. The standard InChI is InChI=1S/C30H32N4O2/c35-29(33-14-12-27-23(17-33)21-8-1-3-10-25(21)31-27)19-6-5-7-20(16-19)30(36)34-15-13-28-24(18-34)22-9-2-4-11-26(22)32-28/h1-4,8-11,19-20,31-32H,5-7,12-18H2. The number of H-pyrrole nitrogens is 2.